The molecule has 0 aromatic rings. The van der Waals surface area contributed by atoms with Crippen LogP contribution in [0.4, 0.5) is 0 Å². The first-order valence-electron chi connectivity index (χ1n) is 10.5. The summed E-state index contributed by atoms with van der Waals surface area (Å²) in [6.07, 6.45) is 15.9. The van der Waals surface area contributed by atoms with Gasteiger partial charge in [-0.3, -0.25) is 14.2 Å². The normalized spacial score (nSPS) is 23.2. The Bertz CT molecular complexity index is 362. The number of nitrogens with zero attached hydrogens (tertiary/aromatic N) is 2. The van der Waals surface area contributed by atoms with E-state index in [2.05, 4.69) is 23.6 Å². The molecule has 0 aliphatic carbocycles. The van der Waals surface area contributed by atoms with Gasteiger partial charge in [0.2, 0.25) is 5.91 Å². The number of likely N-dealkylation sites (tertiary alicyclic amines) is 1. The average Bonchev–Trinajstić information content (AvgIpc) is 3.20. The summed E-state index contributed by atoms with van der Waals surface area (Å²) >= 11 is 2.08. The fourth-order valence-electron chi connectivity index (χ4n) is 4.09. The highest BCUT2D eigenvalue weighted by Crippen LogP contribution is 2.27. The predicted molar refractivity (Wildman–Crippen MR) is 112 cm³/mol. The number of carbonyl (C=O) groups is 1. The van der Waals surface area contributed by atoms with Crippen LogP contribution in [0, 0.1) is 0 Å². The molecular weight excluding hydrogens is 352 g/mol. The number of quaternary nitrogens is 1. The molecule has 0 N–H and O–H groups in total. The maximum atomic E-state index is 12.0. The monoisotopic (exact) mass is 391 g/mol. The van der Waals surface area contributed by atoms with Gasteiger partial charge < -0.3 is 0 Å². The van der Waals surface area contributed by atoms with E-state index < -0.39 is 0 Å². The highest BCUT2D eigenvalue weighted by molar-refractivity contribution is 7.99. The van der Waals surface area contributed by atoms with Crippen LogP contribution in [-0.2, 0) is 4.79 Å². The van der Waals surface area contributed by atoms with Gasteiger partial charge in [-0.2, -0.15) is 0 Å². The first-order valence-corrected chi connectivity index (χ1v) is 11.6. The second kappa shape index (κ2) is 13.3. The highest BCUT2D eigenvalue weighted by Gasteiger charge is 2.36. The van der Waals surface area contributed by atoms with Crippen LogP contribution in [0.5, 0.6) is 0 Å². The summed E-state index contributed by atoms with van der Waals surface area (Å²) in [6, 6.07) is 0. The number of carbonyl (C=O) groups excluding carboxylic acids is 1. The molecule has 2 saturated heterocycles. The SMILES string of the molecule is CCCCCCCCCCCC[N+]1(CN2CCCC2=O)CCSC1.Cl. The van der Waals surface area contributed by atoms with E-state index in [0.717, 1.165) is 26.1 Å². The van der Waals surface area contributed by atoms with Crippen LogP contribution in [0.25, 0.3) is 0 Å². The van der Waals surface area contributed by atoms with E-state index in [9.17, 15) is 4.79 Å². The molecule has 0 aromatic carbocycles. The van der Waals surface area contributed by atoms with E-state index in [1.54, 1.807) is 0 Å². The minimum absolute atomic E-state index is 0. The maximum absolute atomic E-state index is 12.0. The topological polar surface area (TPSA) is 20.3 Å². The van der Waals surface area contributed by atoms with Gasteiger partial charge in [0.25, 0.3) is 0 Å². The van der Waals surface area contributed by atoms with Gasteiger partial charge in [0, 0.05) is 18.7 Å². The smallest absolute Gasteiger partial charge is 0.226 e. The molecule has 2 aliphatic heterocycles. The molecule has 2 aliphatic rings. The second-order valence-corrected chi connectivity index (χ2v) is 8.99. The molecule has 1 atom stereocenters. The third-order valence-electron chi connectivity index (χ3n) is 5.70. The molecule has 3 nitrogen and oxygen atoms in total. The van der Waals surface area contributed by atoms with Crippen molar-refractivity contribution >= 4 is 30.1 Å². The number of rotatable bonds is 13. The zero-order valence-electron chi connectivity index (χ0n) is 16.3. The van der Waals surface area contributed by atoms with Crippen molar-refractivity contribution in [3.8, 4) is 0 Å². The average molecular weight is 392 g/mol. The van der Waals surface area contributed by atoms with Crippen molar-refractivity contribution in [1.82, 2.24) is 4.90 Å². The summed E-state index contributed by atoms with van der Waals surface area (Å²) in [5.41, 5.74) is 0. The predicted octanol–water partition coefficient (Wildman–Crippen LogP) is 5.43. The van der Waals surface area contributed by atoms with Crippen LogP contribution in [-0.4, -0.2) is 53.2 Å². The summed E-state index contributed by atoms with van der Waals surface area (Å²) < 4.78 is 1.17. The lowest BCUT2D eigenvalue weighted by molar-refractivity contribution is -0.918. The third-order valence-corrected chi connectivity index (χ3v) is 6.90. The van der Waals surface area contributed by atoms with Gasteiger partial charge in [0.05, 0.1) is 13.1 Å². The van der Waals surface area contributed by atoms with Gasteiger partial charge in [-0.25, -0.2) is 0 Å². The van der Waals surface area contributed by atoms with Gasteiger partial charge in [0.1, 0.15) is 5.88 Å². The molecular formula is C20H40ClN2OS+. The molecule has 2 heterocycles. The molecule has 0 saturated carbocycles. The Hall–Kier alpha value is 0.0700. The minimum Gasteiger partial charge on any atom is -0.297 e. The van der Waals surface area contributed by atoms with Crippen LogP contribution in [0.1, 0.15) is 84.0 Å². The lowest BCUT2D eigenvalue weighted by Crippen LogP contribution is -2.53. The summed E-state index contributed by atoms with van der Waals surface area (Å²) in [7, 11) is 0. The van der Waals surface area contributed by atoms with Crippen molar-refractivity contribution < 1.29 is 9.28 Å². The molecule has 2 fully saturated rings. The standard InChI is InChI=1S/C20H39N2OS.ClH/c1-2-3-4-5-6-7-8-9-10-11-15-22(16-17-24-19-22)18-21-14-12-13-20(21)23;/h2-19H2,1H3;1H/q+1;. The second-order valence-electron chi connectivity index (χ2n) is 7.91. The van der Waals surface area contributed by atoms with E-state index in [-0.39, 0.29) is 12.4 Å². The third kappa shape index (κ3) is 8.53. The Morgan fingerprint density at radius 1 is 1.00 bits per heavy atom. The van der Waals surface area contributed by atoms with Crippen LogP contribution in [0.2, 0.25) is 0 Å². The van der Waals surface area contributed by atoms with E-state index in [0.29, 0.717) is 5.91 Å². The van der Waals surface area contributed by atoms with Crippen LogP contribution in [0.15, 0.2) is 0 Å². The van der Waals surface area contributed by atoms with Crippen LogP contribution in [0.3, 0.4) is 0 Å². The molecule has 0 radical (unpaired) electrons. The van der Waals surface area contributed by atoms with Crippen molar-refractivity contribution in [2.45, 2.75) is 84.0 Å². The van der Waals surface area contributed by atoms with E-state index >= 15 is 0 Å². The van der Waals surface area contributed by atoms with Crippen molar-refractivity contribution in [3.63, 3.8) is 0 Å². The lowest BCUT2D eigenvalue weighted by atomic mass is 10.1. The maximum Gasteiger partial charge on any atom is 0.226 e. The van der Waals surface area contributed by atoms with Gasteiger partial charge in [-0.1, -0.05) is 70.1 Å². The van der Waals surface area contributed by atoms with Gasteiger partial charge in [-0.15, -0.1) is 12.4 Å². The number of hydrogen-bond donors (Lipinski definition) is 0. The number of unbranched alkanes of at least 4 members (excludes halogenated alkanes) is 9. The van der Waals surface area contributed by atoms with Gasteiger partial charge in [0.15, 0.2) is 6.67 Å². The van der Waals surface area contributed by atoms with Crippen molar-refractivity contribution in [2.24, 2.45) is 0 Å². The van der Waals surface area contributed by atoms with Crippen molar-refractivity contribution in [1.29, 1.82) is 0 Å². The summed E-state index contributed by atoms with van der Waals surface area (Å²) in [5.74, 6) is 2.90. The number of amides is 1. The molecule has 0 aromatic heterocycles. The van der Waals surface area contributed by atoms with Crippen LogP contribution < -0.4 is 0 Å². The highest BCUT2D eigenvalue weighted by atomic mass is 35.5. The molecule has 5 heteroatoms. The summed E-state index contributed by atoms with van der Waals surface area (Å²) in [4.78, 5) is 14.1. The number of hydrogen-bond acceptors (Lipinski definition) is 2. The van der Waals surface area contributed by atoms with E-state index in [1.165, 1.54) is 93.4 Å². The Morgan fingerprint density at radius 3 is 2.16 bits per heavy atom. The summed E-state index contributed by atoms with van der Waals surface area (Å²) in [6.45, 7) is 6.83. The van der Waals surface area contributed by atoms with Crippen LogP contribution >= 0.6 is 24.2 Å². The lowest BCUT2D eigenvalue weighted by Gasteiger charge is -2.36. The molecule has 1 unspecified atom stereocenters. The van der Waals surface area contributed by atoms with Crippen molar-refractivity contribution in [3.05, 3.63) is 0 Å². The van der Waals surface area contributed by atoms with E-state index in [1.807, 2.05) is 0 Å². The Labute approximate surface area is 166 Å². The quantitative estimate of drug-likeness (QED) is 0.308. The molecule has 1 amide bonds. The summed E-state index contributed by atoms with van der Waals surface area (Å²) in [5, 5.41) is 0. The zero-order valence-corrected chi connectivity index (χ0v) is 18.0. The molecule has 25 heavy (non-hydrogen) atoms. The largest absolute Gasteiger partial charge is 0.297 e. The number of halogens is 1. The molecule has 0 bridgehead atoms. The molecule has 148 valence electrons. The minimum atomic E-state index is 0. The fourth-order valence-corrected chi connectivity index (χ4v) is 5.46. The van der Waals surface area contributed by atoms with Gasteiger partial charge in [-0.05, 0) is 19.3 Å². The Morgan fingerprint density at radius 2 is 1.64 bits per heavy atom. The Kier molecular flexibility index (Phi) is 12.3. The van der Waals surface area contributed by atoms with E-state index in [4.69, 9.17) is 0 Å². The fraction of sp³-hybridized carbons (Fsp3) is 0.950. The first-order chi connectivity index (χ1) is 11.8. The number of thioether (sulfide) groups is 1. The first kappa shape index (κ1) is 23.1. The van der Waals surface area contributed by atoms with Gasteiger partial charge >= 0.3 is 0 Å². The van der Waals surface area contributed by atoms with Crippen molar-refractivity contribution in [2.75, 3.05) is 37.9 Å². The molecule has 2 rings (SSSR count). The molecule has 0 spiro atoms. The Balaban J connectivity index is 0.00000312. The zero-order chi connectivity index (χ0) is 17.1.